The summed E-state index contributed by atoms with van der Waals surface area (Å²) in [6.45, 7) is 16.4. The lowest BCUT2D eigenvalue weighted by molar-refractivity contribution is -0.439. The monoisotopic (exact) mass is 1110 g/mol. The van der Waals surface area contributed by atoms with Crippen LogP contribution in [0.1, 0.15) is 181 Å². The molecule has 14 heteroatoms. The number of unbranched alkanes of at least 4 members (excludes halogenated alkanes) is 14. The number of allylic oxidation sites excluding steroid dienone is 5. The quantitative estimate of drug-likeness (QED) is 0.0270. The van der Waals surface area contributed by atoms with Crippen LogP contribution in [0.15, 0.2) is 142 Å². The van der Waals surface area contributed by atoms with Crippen molar-refractivity contribution in [2.75, 3.05) is 44.2 Å². The molecule has 0 aromatic heterocycles. The molecule has 5 rings (SSSR count). The van der Waals surface area contributed by atoms with Crippen LogP contribution in [-0.2, 0) is 30.2 Å². The third-order valence-corrected chi connectivity index (χ3v) is 19.2. The highest BCUT2D eigenvalue weighted by Gasteiger charge is 2.28. The largest absolute Gasteiger partial charge is 0.341 e. The van der Waals surface area contributed by atoms with Gasteiger partial charge in [0.1, 0.15) is 11.4 Å². The molecule has 0 aliphatic heterocycles. The van der Waals surface area contributed by atoms with Gasteiger partial charge in [-0.1, -0.05) is 162 Å². The van der Waals surface area contributed by atoms with E-state index in [0.29, 0.717) is 60.2 Å². The molecule has 0 amide bonds. The van der Waals surface area contributed by atoms with E-state index in [0.717, 1.165) is 162 Å². The fourth-order valence-electron chi connectivity index (χ4n) is 9.90. The summed E-state index contributed by atoms with van der Waals surface area (Å²) >= 11 is 0. The molecular weight excluding hydrogens is 1020 g/mol. The molecule has 11 nitrogen and oxygen atoms in total. The number of anilines is 2. The highest BCUT2D eigenvalue weighted by molar-refractivity contribution is 7.89. The minimum Gasteiger partial charge on any atom is -0.341 e. The van der Waals surface area contributed by atoms with E-state index < -0.39 is 30.2 Å². The molecule has 0 saturated heterocycles. The Hall–Kier alpha value is -4.70. The topological polar surface area (TPSA) is 135 Å². The summed E-state index contributed by atoms with van der Waals surface area (Å²) in [5.74, 6) is 0. The predicted octanol–water partition coefficient (Wildman–Crippen LogP) is 15.7. The van der Waals surface area contributed by atoms with Gasteiger partial charge in [0, 0.05) is 80.4 Å². The van der Waals surface area contributed by atoms with Crippen LogP contribution in [-0.4, -0.2) is 88.0 Å². The maximum Gasteiger partial charge on any atom is 0.295 e. The highest BCUT2D eigenvalue weighted by Crippen LogP contribution is 2.36. The van der Waals surface area contributed by atoms with Crippen molar-refractivity contribution in [3.8, 4) is 0 Å². The minimum absolute atomic E-state index is 0.205. The summed E-state index contributed by atoms with van der Waals surface area (Å²) in [5.41, 5.74) is 5.94. The molecule has 0 saturated carbocycles. The molecule has 0 spiro atoms. The van der Waals surface area contributed by atoms with Gasteiger partial charge in [-0.2, -0.15) is 21.6 Å². The van der Waals surface area contributed by atoms with E-state index in [2.05, 4.69) is 51.0 Å². The van der Waals surface area contributed by atoms with Crippen molar-refractivity contribution in [2.45, 2.75) is 185 Å². The second-order valence-corrected chi connectivity index (χ2v) is 25.8. The van der Waals surface area contributed by atoms with Crippen LogP contribution in [0.4, 0.5) is 17.1 Å². The van der Waals surface area contributed by atoms with Crippen LogP contribution in [0.5, 0.6) is 0 Å². The zero-order chi connectivity index (χ0) is 55.7. The fourth-order valence-corrected chi connectivity index (χ4v) is 13.6. The summed E-state index contributed by atoms with van der Waals surface area (Å²) in [7, 11) is -12.0. The van der Waals surface area contributed by atoms with Crippen molar-refractivity contribution in [2.24, 2.45) is 0 Å². The third-order valence-electron chi connectivity index (χ3n) is 14.5. The van der Waals surface area contributed by atoms with Crippen LogP contribution in [0.3, 0.4) is 0 Å². The second-order valence-electron chi connectivity index (χ2n) is 20.5. The van der Waals surface area contributed by atoms with Gasteiger partial charge in [0.2, 0.25) is 31.4 Å². The van der Waals surface area contributed by atoms with Gasteiger partial charge in [-0.15, -0.1) is 0 Å². The van der Waals surface area contributed by atoms with Gasteiger partial charge in [-0.25, -0.2) is 16.8 Å². The highest BCUT2D eigenvalue weighted by atomic mass is 32.2. The smallest absolute Gasteiger partial charge is 0.295 e. The molecule has 4 aromatic carbocycles. The molecule has 4 aromatic rings. The van der Waals surface area contributed by atoms with Crippen molar-refractivity contribution < 1.29 is 34.4 Å². The van der Waals surface area contributed by atoms with Crippen molar-refractivity contribution in [3.63, 3.8) is 0 Å². The minimum atomic E-state index is -4.63. The lowest BCUT2D eigenvalue weighted by Crippen LogP contribution is -2.33. The number of nitrogens with zero attached hydrogens (tertiary/aromatic N) is 4. The molecule has 1 aliphatic rings. The first kappa shape index (κ1) is 63.1. The maximum atomic E-state index is 14.1. The van der Waals surface area contributed by atoms with Crippen molar-refractivity contribution in [3.05, 3.63) is 138 Å². The molecule has 0 fully saturated rings. The summed E-state index contributed by atoms with van der Waals surface area (Å²) in [6, 6.07) is 28.9. The third kappa shape index (κ3) is 18.4. The molecule has 77 heavy (non-hydrogen) atoms. The number of hydrogen-bond acceptors (Lipinski definition) is 7. The average molecular weight is 1110 g/mol. The summed E-state index contributed by atoms with van der Waals surface area (Å²) in [5, 5.41) is 0. The Bertz CT molecular complexity index is 2850. The summed E-state index contributed by atoms with van der Waals surface area (Å²) in [6.07, 6.45) is 27.7. The van der Waals surface area contributed by atoms with Crippen molar-refractivity contribution >= 4 is 58.5 Å². The SMILES string of the molecule is CCCCCCN(CCCCCC)S(=O)(=O)c1ccc(N(CCCC)c2ccc(C(=C3C=CC(=[N+](CCCC)c4ccc(S(=O)(=O)N(CCCCCC)CCCCCC)cc4)C=C3)c3ccccc3S(=O)(=O)O)cc2)cc1. The standard InChI is InChI=1S/C63H90N4O7S3/c1-7-13-19-25-47-64(48-26-20-14-8-2)75(68,69)59-43-39-57(40-44-59)66(51-17-11-5)55-35-31-53(32-36-55)63(61-29-23-24-30-62(61)77(72,73)74)54-33-37-56(38-34-54)67(52-18-12-6)58-41-45-60(46-42-58)76(70,71)65(49-27-21-15-9-3)50-28-22-16-10-4/h23-24,29-46H,7-22,25-28,47-52H2,1-6H3/p+1. The van der Waals surface area contributed by atoms with Crippen LogP contribution < -0.4 is 4.90 Å². The van der Waals surface area contributed by atoms with Gasteiger partial charge >= 0.3 is 0 Å². The lowest BCUT2D eigenvalue weighted by Gasteiger charge is -2.26. The van der Waals surface area contributed by atoms with Gasteiger partial charge in [0.25, 0.3) is 10.1 Å². The first-order chi connectivity index (χ1) is 37.2. The van der Waals surface area contributed by atoms with Gasteiger partial charge < -0.3 is 4.90 Å². The van der Waals surface area contributed by atoms with Crippen LogP contribution in [0.2, 0.25) is 0 Å². The Kier molecular flexibility index (Phi) is 26.6. The van der Waals surface area contributed by atoms with E-state index in [-0.39, 0.29) is 4.90 Å². The van der Waals surface area contributed by atoms with Crippen LogP contribution in [0.25, 0.3) is 5.57 Å². The van der Waals surface area contributed by atoms with Gasteiger partial charge in [0.05, 0.1) is 9.79 Å². The number of hydrogen-bond donors (Lipinski definition) is 1. The zero-order valence-electron chi connectivity index (χ0n) is 47.3. The second kappa shape index (κ2) is 32.4. The Morgan fingerprint density at radius 2 is 0.857 bits per heavy atom. The van der Waals surface area contributed by atoms with Crippen molar-refractivity contribution in [1.82, 2.24) is 8.61 Å². The first-order valence-electron chi connectivity index (χ1n) is 29.1. The number of sulfonamides is 2. The Balaban J connectivity index is 1.51. The van der Waals surface area contributed by atoms with Gasteiger partial charge in [-0.3, -0.25) is 4.55 Å². The Morgan fingerprint density at radius 1 is 0.442 bits per heavy atom. The van der Waals surface area contributed by atoms with E-state index >= 15 is 0 Å². The normalized spacial score (nSPS) is 13.1. The Morgan fingerprint density at radius 3 is 1.29 bits per heavy atom. The zero-order valence-corrected chi connectivity index (χ0v) is 49.8. The van der Waals surface area contributed by atoms with Gasteiger partial charge in [0.15, 0.2) is 0 Å². The molecule has 0 radical (unpaired) electrons. The van der Waals surface area contributed by atoms with Crippen LogP contribution >= 0.6 is 0 Å². The average Bonchev–Trinajstić information content (AvgIpc) is 3.43. The Labute approximate surface area is 465 Å². The lowest BCUT2D eigenvalue weighted by atomic mass is 9.90. The summed E-state index contributed by atoms with van der Waals surface area (Å²) < 4.78 is 98.6. The van der Waals surface area contributed by atoms with Gasteiger partial charge in [-0.05, 0) is 116 Å². The molecule has 1 aliphatic carbocycles. The van der Waals surface area contributed by atoms with E-state index in [1.807, 2.05) is 72.8 Å². The molecule has 0 atom stereocenters. The number of benzene rings is 4. The first-order valence-corrected chi connectivity index (χ1v) is 33.4. The van der Waals surface area contributed by atoms with Crippen molar-refractivity contribution in [1.29, 1.82) is 0 Å². The number of rotatable bonds is 36. The molecule has 1 N–H and O–H groups in total. The molecule has 0 heterocycles. The van der Waals surface area contributed by atoms with E-state index in [4.69, 9.17) is 0 Å². The molecule has 422 valence electrons. The van der Waals surface area contributed by atoms with Crippen LogP contribution in [0, 0.1) is 0 Å². The summed E-state index contributed by atoms with van der Waals surface area (Å²) in [4.78, 5) is 2.56. The van der Waals surface area contributed by atoms with E-state index in [1.165, 1.54) is 6.07 Å². The molecule has 0 bridgehead atoms. The molecular formula is C63H91N4O7S3+. The van der Waals surface area contributed by atoms with E-state index in [9.17, 15) is 29.8 Å². The molecule has 0 unspecified atom stereocenters. The predicted molar refractivity (Wildman–Crippen MR) is 321 cm³/mol. The van der Waals surface area contributed by atoms with E-state index in [1.54, 1.807) is 51.1 Å². The maximum absolute atomic E-state index is 14.1. The fraction of sp³-hybridized carbons (Fsp3) is 0.508.